The van der Waals surface area contributed by atoms with Crippen molar-refractivity contribution in [2.75, 3.05) is 18.4 Å². The molecule has 2 fully saturated rings. The molecule has 30 heavy (non-hydrogen) atoms. The zero-order valence-electron chi connectivity index (χ0n) is 17.9. The molecule has 7 heteroatoms. The Kier molecular flexibility index (Phi) is 5.06. The molecule has 0 atom stereocenters. The molecule has 0 bridgehead atoms. The van der Waals surface area contributed by atoms with E-state index < -0.39 is 16.9 Å². The van der Waals surface area contributed by atoms with E-state index in [0.717, 1.165) is 29.7 Å². The maximum absolute atomic E-state index is 13.7. The zero-order valence-corrected chi connectivity index (χ0v) is 17.9. The van der Waals surface area contributed by atoms with Gasteiger partial charge in [0.05, 0.1) is 5.41 Å². The van der Waals surface area contributed by atoms with Gasteiger partial charge in [-0.05, 0) is 69.6 Å². The summed E-state index contributed by atoms with van der Waals surface area (Å²) in [6.45, 7) is 6.80. The molecule has 1 aromatic carbocycles. The molecule has 2 heterocycles. The number of benzene rings is 1. The fourth-order valence-corrected chi connectivity index (χ4v) is 4.95. The van der Waals surface area contributed by atoms with Crippen LogP contribution in [0.5, 0.6) is 0 Å². The molecule has 2 aliphatic heterocycles. The Hall–Kier alpha value is -2.18. The number of nitrogens with zero attached hydrogens (tertiary/aromatic N) is 1. The lowest BCUT2D eigenvalue weighted by atomic mass is 9.68. The molecule has 0 radical (unpaired) electrons. The number of likely N-dealkylation sites (tertiary alicyclic amines) is 1. The normalized spacial score (nSPS) is 23.2. The third-order valence-electron chi connectivity index (χ3n) is 6.70. The van der Waals surface area contributed by atoms with Crippen LogP contribution < -0.4 is 5.32 Å². The van der Waals surface area contributed by atoms with Crippen LogP contribution in [0.3, 0.4) is 0 Å². The van der Waals surface area contributed by atoms with Gasteiger partial charge in [0.2, 0.25) is 11.8 Å². The van der Waals surface area contributed by atoms with Crippen LogP contribution >= 0.6 is 0 Å². The number of nitrogens with one attached hydrogen (secondary N) is 1. The van der Waals surface area contributed by atoms with E-state index in [9.17, 15) is 18.4 Å². The Morgan fingerprint density at radius 3 is 2.37 bits per heavy atom. The van der Waals surface area contributed by atoms with Crippen molar-refractivity contribution >= 4 is 17.7 Å². The van der Waals surface area contributed by atoms with E-state index in [-0.39, 0.29) is 43.6 Å². The molecule has 1 aliphatic carbocycles. The first-order chi connectivity index (χ1) is 14.0. The van der Waals surface area contributed by atoms with E-state index in [4.69, 9.17) is 4.74 Å². The average Bonchev–Trinajstić information content (AvgIpc) is 2.94. The number of halogens is 2. The van der Waals surface area contributed by atoms with E-state index in [1.165, 1.54) is 0 Å². The maximum atomic E-state index is 13.7. The number of anilines is 1. The Morgan fingerprint density at radius 1 is 1.13 bits per heavy atom. The molecular weight excluding hydrogens is 390 g/mol. The number of hydrogen-bond donors (Lipinski definition) is 1. The second-order valence-corrected chi connectivity index (χ2v) is 9.94. The molecule has 1 saturated heterocycles. The molecule has 4 rings (SSSR count). The van der Waals surface area contributed by atoms with Gasteiger partial charge >= 0.3 is 6.09 Å². The van der Waals surface area contributed by atoms with Gasteiger partial charge in [0.25, 0.3) is 0 Å². The quantitative estimate of drug-likeness (QED) is 0.679. The fourth-order valence-electron chi connectivity index (χ4n) is 4.95. The highest BCUT2D eigenvalue weighted by Crippen LogP contribution is 2.51. The van der Waals surface area contributed by atoms with Crippen molar-refractivity contribution in [3.8, 4) is 0 Å². The van der Waals surface area contributed by atoms with Crippen LogP contribution in [-0.2, 0) is 14.9 Å². The molecular formula is C23H30F2N2O3. The number of hydrogen-bond acceptors (Lipinski definition) is 3. The summed E-state index contributed by atoms with van der Waals surface area (Å²) in [5.41, 5.74) is 1.39. The fraction of sp³-hybridized carbons (Fsp3) is 0.652. The molecule has 3 aliphatic rings. The molecule has 1 spiro atoms. The molecule has 164 valence electrons. The maximum Gasteiger partial charge on any atom is 0.410 e. The topological polar surface area (TPSA) is 58.6 Å². The van der Waals surface area contributed by atoms with Crippen LogP contribution in [0.25, 0.3) is 0 Å². The lowest BCUT2D eigenvalue weighted by Crippen LogP contribution is -2.42. The first-order valence-electron chi connectivity index (χ1n) is 10.8. The second kappa shape index (κ2) is 7.20. The molecule has 0 unspecified atom stereocenters. The highest BCUT2D eigenvalue weighted by Gasteiger charge is 2.52. The van der Waals surface area contributed by atoms with Crippen molar-refractivity contribution < 1.29 is 23.1 Å². The van der Waals surface area contributed by atoms with Crippen LogP contribution in [-0.4, -0.2) is 41.5 Å². The SMILES string of the molecule is CC(C)(C)OC(=O)N1CCC(c2ccc3c(c2)C2(CCC(F)(F)CC2)C(=O)N3)CC1. The van der Waals surface area contributed by atoms with Crippen molar-refractivity contribution in [2.45, 2.75) is 82.2 Å². The molecule has 5 nitrogen and oxygen atoms in total. The first-order valence-corrected chi connectivity index (χ1v) is 10.8. The van der Waals surface area contributed by atoms with Crippen LogP contribution in [0, 0.1) is 0 Å². The summed E-state index contributed by atoms with van der Waals surface area (Å²) < 4.78 is 33.0. The summed E-state index contributed by atoms with van der Waals surface area (Å²) in [5, 5.41) is 2.91. The summed E-state index contributed by atoms with van der Waals surface area (Å²) in [4.78, 5) is 26.8. The van der Waals surface area contributed by atoms with Gasteiger partial charge in [-0.2, -0.15) is 0 Å². The third kappa shape index (κ3) is 3.91. The Bertz CT molecular complexity index is 844. The average molecular weight is 421 g/mol. The highest BCUT2D eigenvalue weighted by molar-refractivity contribution is 6.06. The lowest BCUT2D eigenvalue weighted by molar-refractivity contribution is -0.125. The highest BCUT2D eigenvalue weighted by atomic mass is 19.3. The van der Waals surface area contributed by atoms with Gasteiger partial charge in [0.1, 0.15) is 5.60 Å². The summed E-state index contributed by atoms with van der Waals surface area (Å²) in [6.07, 6.45) is 1.19. The number of rotatable bonds is 1. The third-order valence-corrected chi connectivity index (χ3v) is 6.70. The summed E-state index contributed by atoms with van der Waals surface area (Å²) in [7, 11) is 0. The minimum absolute atomic E-state index is 0.148. The van der Waals surface area contributed by atoms with Gasteiger partial charge in [0, 0.05) is 31.6 Å². The van der Waals surface area contributed by atoms with Crippen LogP contribution in [0.2, 0.25) is 0 Å². The molecule has 1 aromatic rings. The van der Waals surface area contributed by atoms with Crippen LogP contribution in [0.4, 0.5) is 19.3 Å². The van der Waals surface area contributed by atoms with E-state index in [1.807, 2.05) is 39.0 Å². The van der Waals surface area contributed by atoms with Crippen molar-refractivity contribution in [3.63, 3.8) is 0 Å². The molecule has 1 saturated carbocycles. The second-order valence-electron chi connectivity index (χ2n) is 9.94. The van der Waals surface area contributed by atoms with Gasteiger partial charge in [-0.15, -0.1) is 0 Å². The van der Waals surface area contributed by atoms with Gasteiger partial charge in [0.15, 0.2) is 0 Å². The van der Waals surface area contributed by atoms with Gasteiger partial charge in [-0.3, -0.25) is 4.79 Å². The lowest BCUT2D eigenvalue weighted by Gasteiger charge is -2.36. The number of carbonyl (C=O) groups excluding carboxylic acids is 2. The monoisotopic (exact) mass is 420 g/mol. The van der Waals surface area contributed by atoms with E-state index in [2.05, 4.69) is 5.32 Å². The Morgan fingerprint density at radius 2 is 1.77 bits per heavy atom. The van der Waals surface area contributed by atoms with Crippen molar-refractivity contribution in [3.05, 3.63) is 29.3 Å². The van der Waals surface area contributed by atoms with E-state index in [0.29, 0.717) is 13.1 Å². The van der Waals surface area contributed by atoms with Crippen molar-refractivity contribution in [1.29, 1.82) is 0 Å². The number of carbonyl (C=O) groups is 2. The van der Waals surface area contributed by atoms with Crippen LogP contribution in [0.15, 0.2) is 18.2 Å². The first kappa shape index (κ1) is 21.1. The number of amides is 2. The molecule has 0 aromatic heterocycles. The summed E-state index contributed by atoms with van der Waals surface area (Å²) >= 11 is 0. The van der Waals surface area contributed by atoms with Crippen molar-refractivity contribution in [1.82, 2.24) is 4.90 Å². The summed E-state index contributed by atoms with van der Waals surface area (Å²) in [6, 6.07) is 5.97. The predicted octanol–water partition coefficient (Wildman–Crippen LogP) is 5.20. The Labute approximate surface area is 176 Å². The largest absolute Gasteiger partial charge is 0.444 e. The molecule has 1 N–H and O–H groups in total. The minimum atomic E-state index is -2.68. The van der Waals surface area contributed by atoms with Crippen molar-refractivity contribution in [2.24, 2.45) is 0 Å². The smallest absolute Gasteiger partial charge is 0.410 e. The van der Waals surface area contributed by atoms with Gasteiger partial charge in [-0.1, -0.05) is 12.1 Å². The standard InChI is InChI=1S/C23H30F2N2O3/c1-21(2,3)30-20(29)27-12-6-15(7-13-27)16-4-5-18-17(14-16)22(19(28)26-18)8-10-23(24,25)11-9-22/h4-5,14-15H,6-13H2,1-3H3,(H,26,28). The van der Waals surface area contributed by atoms with Crippen LogP contribution in [0.1, 0.15) is 76.3 Å². The zero-order chi connectivity index (χ0) is 21.7. The number of alkyl halides is 2. The Balaban J connectivity index is 1.48. The van der Waals surface area contributed by atoms with E-state index in [1.54, 1.807) is 4.90 Å². The predicted molar refractivity (Wildman–Crippen MR) is 110 cm³/mol. The number of ether oxygens (including phenoxy) is 1. The summed E-state index contributed by atoms with van der Waals surface area (Å²) in [5.74, 6) is -2.56. The molecule has 2 amide bonds. The van der Waals surface area contributed by atoms with Gasteiger partial charge < -0.3 is 15.0 Å². The van der Waals surface area contributed by atoms with Gasteiger partial charge in [-0.25, -0.2) is 13.6 Å². The number of piperidine rings is 1. The minimum Gasteiger partial charge on any atom is -0.444 e. The number of fused-ring (bicyclic) bond motifs is 2. The van der Waals surface area contributed by atoms with E-state index >= 15 is 0 Å².